The first-order valence-electron chi connectivity index (χ1n) is 21.7. The molecule has 4 N–H and O–H groups in total. The lowest BCUT2D eigenvalue weighted by molar-refractivity contribution is -0.157. The number of aliphatic hydroxyl groups is 2. The van der Waals surface area contributed by atoms with Gasteiger partial charge in [0.2, 0.25) is 17.7 Å². The molecule has 0 aromatic heterocycles. The number of nitrogens with zero attached hydrogens (tertiary/aromatic N) is 2. The predicted octanol–water partition coefficient (Wildman–Crippen LogP) is 5.91. The summed E-state index contributed by atoms with van der Waals surface area (Å²) in [5.74, 6) is 3.01. The lowest BCUT2D eigenvalue weighted by atomic mass is 9.44. The van der Waals surface area contributed by atoms with E-state index in [1.54, 1.807) is 0 Å². The van der Waals surface area contributed by atoms with Gasteiger partial charge in [-0.15, -0.1) is 0 Å². The Labute approximate surface area is 315 Å². The van der Waals surface area contributed by atoms with E-state index in [-0.39, 0.29) is 58.6 Å². The molecule has 5 aliphatic carbocycles. The van der Waals surface area contributed by atoms with Crippen LogP contribution in [0.2, 0.25) is 0 Å². The van der Waals surface area contributed by atoms with Gasteiger partial charge in [0, 0.05) is 38.6 Å². The molecule has 6 fully saturated rings. The molecular weight excluding hydrogens is 652 g/mol. The van der Waals surface area contributed by atoms with Crippen molar-refractivity contribution in [1.82, 2.24) is 20.4 Å². The fourth-order valence-electron chi connectivity index (χ4n) is 12.7. The van der Waals surface area contributed by atoms with Crippen molar-refractivity contribution in [3.63, 3.8) is 0 Å². The molecule has 0 spiro atoms. The highest BCUT2D eigenvalue weighted by molar-refractivity contribution is 5.92. The van der Waals surface area contributed by atoms with Crippen molar-refractivity contribution in [2.24, 2.45) is 52.3 Å². The molecule has 0 unspecified atom stereocenters. The second-order valence-electron chi connectivity index (χ2n) is 19.9. The van der Waals surface area contributed by atoms with Crippen LogP contribution in [0.4, 0.5) is 0 Å². The van der Waals surface area contributed by atoms with Crippen LogP contribution in [0.3, 0.4) is 0 Å². The molecule has 5 saturated carbocycles. The smallest absolute Gasteiger partial charge is 0.245 e. The molecule has 9 heteroatoms. The second kappa shape index (κ2) is 16.6. The summed E-state index contributed by atoms with van der Waals surface area (Å²) in [5.41, 5.74) is 0.269. The van der Waals surface area contributed by atoms with E-state index in [2.05, 4.69) is 57.1 Å². The number of carbonyl (C=O) groups excluding carboxylic acids is 3. The number of hydrogen-bond donors (Lipinski definition) is 4. The molecule has 11 atom stereocenters. The summed E-state index contributed by atoms with van der Waals surface area (Å²) in [6.07, 6.45) is 15.6. The third-order valence-corrected chi connectivity index (χ3v) is 15.6. The first-order valence-corrected chi connectivity index (χ1v) is 21.7. The van der Waals surface area contributed by atoms with E-state index in [1.807, 2.05) is 4.90 Å². The Balaban J connectivity index is 1.06. The van der Waals surface area contributed by atoms with E-state index in [4.69, 9.17) is 0 Å². The van der Waals surface area contributed by atoms with E-state index in [9.17, 15) is 24.6 Å². The predicted molar refractivity (Wildman–Crippen MR) is 205 cm³/mol. The lowest BCUT2D eigenvalue weighted by Crippen LogP contribution is -2.63. The van der Waals surface area contributed by atoms with Crippen molar-refractivity contribution in [3.05, 3.63) is 0 Å². The SMILES string of the molecule is CC(C)C[C@H](NC(=O)CC1CCCCC1)C(=O)N[C@@H](CC(C)C)C(=O)N1CCN([C@H]2C[C@@]3(C)[C@@H](CC[C@@H]4[C@@H]3CC[C@]3(C)[C@@H](O)CC[C@@H]43)C[C@@H]2O)CC1. The molecule has 6 rings (SSSR count). The van der Waals surface area contributed by atoms with Gasteiger partial charge in [0.1, 0.15) is 12.1 Å². The Kier molecular flexibility index (Phi) is 12.7. The van der Waals surface area contributed by atoms with Gasteiger partial charge in [-0.25, -0.2) is 0 Å². The molecule has 6 aliphatic rings. The zero-order chi connectivity index (χ0) is 37.4. The van der Waals surface area contributed by atoms with Crippen LogP contribution in [0.15, 0.2) is 0 Å². The Morgan fingerprint density at radius 2 is 1.40 bits per heavy atom. The molecular formula is C43H74N4O5. The van der Waals surface area contributed by atoms with Crippen molar-refractivity contribution in [1.29, 1.82) is 0 Å². The first-order chi connectivity index (χ1) is 24.7. The average molecular weight is 727 g/mol. The third kappa shape index (κ3) is 8.41. The van der Waals surface area contributed by atoms with E-state index in [0.29, 0.717) is 61.9 Å². The molecule has 1 saturated heterocycles. The Hall–Kier alpha value is -1.71. The molecule has 9 nitrogen and oxygen atoms in total. The van der Waals surface area contributed by atoms with Gasteiger partial charge in [-0.05, 0) is 129 Å². The summed E-state index contributed by atoms with van der Waals surface area (Å²) in [4.78, 5) is 45.4. The summed E-state index contributed by atoms with van der Waals surface area (Å²) in [6.45, 7) is 15.8. The fraction of sp³-hybridized carbons (Fsp3) is 0.930. The average Bonchev–Trinajstić information content (AvgIpc) is 3.41. The van der Waals surface area contributed by atoms with Crippen molar-refractivity contribution < 1.29 is 24.6 Å². The maximum Gasteiger partial charge on any atom is 0.245 e. The van der Waals surface area contributed by atoms with Crippen LogP contribution in [0.25, 0.3) is 0 Å². The van der Waals surface area contributed by atoms with Crippen LogP contribution < -0.4 is 10.6 Å². The minimum Gasteiger partial charge on any atom is -0.393 e. The molecule has 1 heterocycles. The van der Waals surface area contributed by atoms with Crippen LogP contribution in [-0.2, 0) is 14.4 Å². The number of carbonyl (C=O) groups is 3. The van der Waals surface area contributed by atoms with Crippen LogP contribution in [0.5, 0.6) is 0 Å². The van der Waals surface area contributed by atoms with E-state index >= 15 is 0 Å². The van der Waals surface area contributed by atoms with Crippen molar-refractivity contribution >= 4 is 17.7 Å². The Morgan fingerprint density at radius 1 is 0.750 bits per heavy atom. The molecule has 3 amide bonds. The van der Waals surface area contributed by atoms with Gasteiger partial charge in [0.25, 0.3) is 0 Å². The topological polar surface area (TPSA) is 122 Å². The normalized spacial score (nSPS) is 38.3. The largest absolute Gasteiger partial charge is 0.393 e. The number of amides is 3. The standard InChI is InChI=1S/C43H74N4O5/c1-27(2)22-34(44-39(50)24-29-10-8-7-9-11-29)40(51)45-35(23-28(3)4)41(52)47-20-18-46(19-21-47)36-26-43(6)30(25-37(36)48)12-13-31-32-14-15-38(49)42(32,5)17-16-33(31)43/h27-38,48-49H,7-26H2,1-6H3,(H,44,50)(H,45,51)/t30-,31-,32-,33-,34-,35-,36-,37-,38-,42-,43-/m0/s1. The van der Waals surface area contributed by atoms with Crippen LogP contribution in [0, 0.1) is 52.3 Å². The van der Waals surface area contributed by atoms with E-state index < -0.39 is 12.1 Å². The van der Waals surface area contributed by atoms with Gasteiger partial charge in [0.05, 0.1) is 12.2 Å². The summed E-state index contributed by atoms with van der Waals surface area (Å²) < 4.78 is 0. The van der Waals surface area contributed by atoms with Gasteiger partial charge in [-0.2, -0.15) is 0 Å². The van der Waals surface area contributed by atoms with Gasteiger partial charge >= 0.3 is 0 Å². The monoisotopic (exact) mass is 727 g/mol. The number of fused-ring (bicyclic) bond motifs is 5. The quantitative estimate of drug-likeness (QED) is 0.210. The Morgan fingerprint density at radius 3 is 2.08 bits per heavy atom. The van der Waals surface area contributed by atoms with Gasteiger partial charge < -0.3 is 25.7 Å². The van der Waals surface area contributed by atoms with Gasteiger partial charge in [-0.1, -0.05) is 60.8 Å². The van der Waals surface area contributed by atoms with Crippen LogP contribution in [0.1, 0.15) is 144 Å². The summed E-state index contributed by atoms with van der Waals surface area (Å²) >= 11 is 0. The highest BCUT2D eigenvalue weighted by Gasteiger charge is 2.61. The maximum absolute atomic E-state index is 14.1. The highest BCUT2D eigenvalue weighted by atomic mass is 16.3. The number of aliphatic hydroxyl groups excluding tert-OH is 2. The zero-order valence-electron chi connectivity index (χ0n) is 33.6. The maximum atomic E-state index is 14.1. The van der Waals surface area contributed by atoms with Crippen LogP contribution >= 0.6 is 0 Å². The number of piperazine rings is 1. The molecule has 0 aromatic rings. The highest BCUT2D eigenvalue weighted by Crippen LogP contribution is 2.66. The molecule has 0 aromatic carbocycles. The molecule has 0 bridgehead atoms. The van der Waals surface area contributed by atoms with E-state index in [1.165, 1.54) is 38.5 Å². The summed E-state index contributed by atoms with van der Waals surface area (Å²) in [5, 5.41) is 28.7. The van der Waals surface area contributed by atoms with Gasteiger partial charge in [-0.3, -0.25) is 19.3 Å². The third-order valence-electron chi connectivity index (χ3n) is 15.6. The molecule has 1 aliphatic heterocycles. The molecule has 52 heavy (non-hydrogen) atoms. The van der Waals surface area contributed by atoms with Crippen molar-refractivity contribution in [3.8, 4) is 0 Å². The molecule has 0 radical (unpaired) electrons. The van der Waals surface area contributed by atoms with E-state index in [0.717, 1.165) is 58.0 Å². The lowest BCUT2D eigenvalue weighted by Gasteiger charge is -2.62. The number of nitrogens with one attached hydrogen (secondary N) is 2. The van der Waals surface area contributed by atoms with Crippen molar-refractivity contribution in [2.75, 3.05) is 26.2 Å². The number of hydrogen-bond acceptors (Lipinski definition) is 6. The number of rotatable bonds is 11. The minimum absolute atomic E-state index is 0.0334. The summed E-state index contributed by atoms with van der Waals surface area (Å²) in [7, 11) is 0. The zero-order valence-corrected chi connectivity index (χ0v) is 33.6. The fourth-order valence-corrected chi connectivity index (χ4v) is 12.7. The minimum atomic E-state index is -0.649. The van der Waals surface area contributed by atoms with Crippen molar-refractivity contribution in [2.45, 2.75) is 175 Å². The summed E-state index contributed by atoms with van der Waals surface area (Å²) in [6, 6.07) is -1.18. The first kappa shape index (κ1) is 40.0. The second-order valence-corrected chi connectivity index (χ2v) is 19.9. The van der Waals surface area contributed by atoms with Gasteiger partial charge in [0.15, 0.2) is 0 Å². The Bertz CT molecular complexity index is 1250. The van der Waals surface area contributed by atoms with Crippen LogP contribution in [-0.4, -0.2) is 94.2 Å². The molecule has 296 valence electrons.